The summed E-state index contributed by atoms with van der Waals surface area (Å²) in [7, 11) is 1.46. The number of hydrogen-bond acceptors (Lipinski definition) is 5. The molecule has 108 valence electrons. The second-order valence-corrected chi connectivity index (χ2v) is 4.45. The molecule has 0 aliphatic rings. The summed E-state index contributed by atoms with van der Waals surface area (Å²) in [4.78, 5) is 0. The number of benzene rings is 2. The van der Waals surface area contributed by atoms with Crippen molar-refractivity contribution in [1.29, 1.82) is 5.26 Å². The molecule has 0 bridgehead atoms. The van der Waals surface area contributed by atoms with Crippen molar-refractivity contribution in [1.82, 2.24) is 10.2 Å². The van der Waals surface area contributed by atoms with Gasteiger partial charge in [0.15, 0.2) is 0 Å². The van der Waals surface area contributed by atoms with Gasteiger partial charge in [-0.2, -0.15) is 5.26 Å². The molecule has 5 nitrogen and oxygen atoms in total. The van der Waals surface area contributed by atoms with Gasteiger partial charge in [0.05, 0.1) is 24.3 Å². The Bertz CT molecular complexity index is 868. The number of nitrogens with zero attached hydrogens (tertiary/aromatic N) is 3. The zero-order valence-electron chi connectivity index (χ0n) is 11.6. The van der Waals surface area contributed by atoms with Gasteiger partial charge < -0.3 is 9.15 Å². The molecule has 0 amide bonds. The van der Waals surface area contributed by atoms with Crippen LogP contribution in [0, 0.1) is 17.1 Å². The maximum absolute atomic E-state index is 14.0. The molecular formula is C16H10FN3O2. The van der Waals surface area contributed by atoms with Gasteiger partial charge in [0.1, 0.15) is 11.6 Å². The topological polar surface area (TPSA) is 71.9 Å². The Morgan fingerprint density at radius 2 is 1.95 bits per heavy atom. The first-order valence-corrected chi connectivity index (χ1v) is 6.39. The quantitative estimate of drug-likeness (QED) is 0.740. The molecule has 0 N–H and O–H groups in total. The zero-order valence-corrected chi connectivity index (χ0v) is 11.6. The predicted octanol–water partition coefficient (Wildman–Crippen LogP) is 3.42. The summed E-state index contributed by atoms with van der Waals surface area (Å²) >= 11 is 0. The number of ether oxygens (including phenoxy) is 1. The third kappa shape index (κ3) is 2.52. The minimum absolute atomic E-state index is 0.0671. The smallest absolute Gasteiger partial charge is 0.251 e. The van der Waals surface area contributed by atoms with Gasteiger partial charge in [-0.05, 0) is 30.3 Å². The van der Waals surface area contributed by atoms with E-state index in [-0.39, 0.29) is 17.3 Å². The number of aromatic nitrogens is 2. The number of halogens is 1. The van der Waals surface area contributed by atoms with E-state index in [1.807, 2.05) is 6.07 Å². The van der Waals surface area contributed by atoms with E-state index in [4.69, 9.17) is 14.4 Å². The van der Waals surface area contributed by atoms with Gasteiger partial charge in [0.2, 0.25) is 5.89 Å². The molecule has 1 aromatic heterocycles. The third-order valence-electron chi connectivity index (χ3n) is 3.07. The third-order valence-corrected chi connectivity index (χ3v) is 3.07. The van der Waals surface area contributed by atoms with Crippen LogP contribution in [0.1, 0.15) is 5.56 Å². The molecule has 0 unspecified atom stereocenters. The highest BCUT2D eigenvalue weighted by Crippen LogP contribution is 2.28. The van der Waals surface area contributed by atoms with Crippen LogP contribution < -0.4 is 4.74 Å². The molecular weight excluding hydrogens is 285 g/mol. The van der Waals surface area contributed by atoms with E-state index in [0.717, 1.165) is 0 Å². The van der Waals surface area contributed by atoms with Crippen LogP contribution in [0.3, 0.4) is 0 Å². The van der Waals surface area contributed by atoms with Crippen molar-refractivity contribution in [3.8, 4) is 34.7 Å². The zero-order chi connectivity index (χ0) is 15.5. The van der Waals surface area contributed by atoms with Crippen molar-refractivity contribution in [2.75, 3.05) is 7.11 Å². The lowest BCUT2D eigenvalue weighted by atomic mass is 10.1. The van der Waals surface area contributed by atoms with E-state index in [2.05, 4.69) is 10.2 Å². The van der Waals surface area contributed by atoms with Crippen LogP contribution in [0.15, 0.2) is 46.9 Å². The van der Waals surface area contributed by atoms with Crippen LogP contribution in [0.25, 0.3) is 22.9 Å². The van der Waals surface area contributed by atoms with Gasteiger partial charge in [0.25, 0.3) is 5.89 Å². The average molecular weight is 295 g/mol. The molecule has 0 saturated carbocycles. The van der Waals surface area contributed by atoms with E-state index < -0.39 is 5.82 Å². The van der Waals surface area contributed by atoms with Crippen LogP contribution in [0.4, 0.5) is 4.39 Å². The van der Waals surface area contributed by atoms with Crippen molar-refractivity contribution < 1.29 is 13.5 Å². The number of methoxy groups -OCH3 is 1. The van der Waals surface area contributed by atoms with E-state index in [9.17, 15) is 4.39 Å². The summed E-state index contributed by atoms with van der Waals surface area (Å²) in [6.45, 7) is 0. The van der Waals surface area contributed by atoms with Crippen molar-refractivity contribution >= 4 is 0 Å². The lowest BCUT2D eigenvalue weighted by Gasteiger charge is -2.01. The SMILES string of the molecule is COc1ccc(-c2nnc(-c3cccc(C#N)c3)o2)c(F)c1. The van der Waals surface area contributed by atoms with Gasteiger partial charge >= 0.3 is 0 Å². The minimum Gasteiger partial charge on any atom is -0.497 e. The first kappa shape index (κ1) is 13.8. The van der Waals surface area contributed by atoms with Crippen LogP contribution >= 0.6 is 0 Å². The average Bonchev–Trinajstić information content (AvgIpc) is 3.04. The van der Waals surface area contributed by atoms with Gasteiger partial charge in [-0.15, -0.1) is 10.2 Å². The van der Waals surface area contributed by atoms with Crippen LogP contribution in [0.5, 0.6) is 5.75 Å². The van der Waals surface area contributed by atoms with Crippen LogP contribution in [0.2, 0.25) is 0 Å². The van der Waals surface area contributed by atoms with E-state index in [1.165, 1.54) is 19.2 Å². The summed E-state index contributed by atoms with van der Waals surface area (Å²) < 4.78 is 24.4. The number of rotatable bonds is 3. The molecule has 22 heavy (non-hydrogen) atoms. The molecule has 0 saturated heterocycles. The van der Waals surface area contributed by atoms with Gasteiger partial charge in [-0.1, -0.05) is 6.07 Å². The fraction of sp³-hybridized carbons (Fsp3) is 0.0625. The Morgan fingerprint density at radius 1 is 1.14 bits per heavy atom. The predicted molar refractivity (Wildman–Crippen MR) is 76.4 cm³/mol. The molecule has 0 radical (unpaired) electrons. The summed E-state index contributed by atoms with van der Waals surface area (Å²) in [6, 6.07) is 13.1. The molecule has 3 aromatic rings. The molecule has 0 aliphatic heterocycles. The Kier molecular flexibility index (Phi) is 3.54. The highest BCUT2D eigenvalue weighted by Gasteiger charge is 2.15. The van der Waals surface area contributed by atoms with Crippen molar-refractivity contribution in [2.24, 2.45) is 0 Å². The first-order chi connectivity index (χ1) is 10.7. The Morgan fingerprint density at radius 3 is 2.68 bits per heavy atom. The molecule has 3 rings (SSSR count). The number of nitriles is 1. The highest BCUT2D eigenvalue weighted by atomic mass is 19.1. The largest absolute Gasteiger partial charge is 0.497 e. The van der Waals surface area contributed by atoms with Gasteiger partial charge in [-0.25, -0.2) is 4.39 Å². The Hall–Kier alpha value is -3.20. The van der Waals surface area contributed by atoms with Crippen molar-refractivity contribution in [3.05, 3.63) is 53.8 Å². The van der Waals surface area contributed by atoms with E-state index in [1.54, 1.807) is 30.3 Å². The van der Waals surface area contributed by atoms with Crippen molar-refractivity contribution in [3.63, 3.8) is 0 Å². The van der Waals surface area contributed by atoms with E-state index in [0.29, 0.717) is 16.9 Å². The standard InChI is InChI=1S/C16H10FN3O2/c1-21-12-5-6-13(14(17)8-12)16-20-19-15(22-16)11-4-2-3-10(7-11)9-18/h2-8H,1H3. The molecule has 0 atom stereocenters. The summed E-state index contributed by atoms with van der Waals surface area (Å²) in [6.07, 6.45) is 0. The van der Waals surface area contributed by atoms with E-state index >= 15 is 0 Å². The highest BCUT2D eigenvalue weighted by molar-refractivity contribution is 5.60. The fourth-order valence-electron chi connectivity index (χ4n) is 1.97. The number of hydrogen-bond donors (Lipinski definition) is 0. The fourth-order valence-corrected chi connectivity index (χ4v) is 1.97. The van der Waals surface area contributed by atoms with Gasteiger partial charge in [0, 0.05) is 11.6 Å². The van der Waals surface area contributed by atoms with Crippen LogP contribution in [-0.4, -0.2) is 17.3 Å². The maximum atomic E-state index is 14.0. The summed E-state index contributed by atoms with van der Waals surface area (Å²) in [5.74, 6) is 0.183. The second-order valence-electron chi connectivity index (χ2n) is 4.45. The minimum atomic E-state index is -0.514. The second kappa shape index (κ2) is 5.66. The maximum Gasteiger partial charge on any atom is 0.251 e. The Labute approximate surface area is 125 Å². The van der Waals surface area contributed by atoms with Gasteiger partial charge in [-0.3, -0.25) is 0 Å². The normalized spacial score (nSPS) is 10.2. The first-order valence-electron chi connectivity index (χ1n) is 6.39. The Balaban J connectivity index is 1.99. The molecule has 6 heteroatoms. The molecule has 2 aromatic carbocycles. The van der Waals surface area contributed by atoms with Crippen molar-refractivity contribution in [2.45, 2.75) is 0 Å². The monoisotopic (exact) mass is 295 g/mol. The molecule has 0 aliphatic carbocycles. The summed E-state index contributed by atoms with van der Waals surface area (Å²) in [5, 5.41) is 16.7. The lowest BCUT2D eigenvalue weighted by molar-refractivity contribution is 0.411. The summed E-state index contributed by atoms with van der Waals surface area (Å²) in [5.41, 5.74) is 1.27. The lowest BCUT2D eigenvalue weighted by Crippen LogP contribution is -1.88. The molecule has 0 spiro atoms. The molecule has 0 fully saturated rings. The van der Waals surface area contributed by atoms with Crippen LogP contribution in [-0.2, 0) is 0 Å². The molecule has 1 heterocycles.